The number of nitrogens with zero attached hydrogens (tertiary/aromatic N) is 1. The van der Waals surface area contributed by atoms with E-state index in [1.165, 1.54) is 26.3 Å². The summed E-state index contributed by atoms with van der Waals surface area (Å²) in [5.41, 5.74) is 2.77. The van der Waals surface area contributed by atoms with Crippen molar-refractivity contribution in [2.75, 3.05) is 0 Å². The number of aromatic nitrogens is 1. The van der Waals surface area contributed by atoms with Gasteiger partial charge in [0, 0.05) is 38.5 Å². The van der Waals surface area contributed by atoms with Crippen molar-refractivity contribution in [3.8, 4) is 11.1 Å². The molecule has 2 aliphatic heterocycles. The Morgan fingerprint density at radius 3 is 2.35 bits per heavy atom. The van der Waals surface area contributed by atoms with Gasteiger partial charge in [0.05, 0.1) is 11.2 Å². The molecule has 3 heterocycles. The lowest BCUT2D eigenvalue weighted by molar-refractivity contribution is 0.00578. The Morgan fingerprint density at radius 1 is 0.846 bits per heavy atom. The van der Waals surface area contributed by atoms with Crippen LogP contribution in [0.2, 0.25) is 0 Å². The van der Waals surface area contributed by atoms with E-state index in [9.17, 15) is 0 Å². The number of hydrogen-bond donors (Lipinski definition) is 0. The summed E-state index contributed by atoms with van der Waals surface area (Å²) in [6.45, 7) is 8.34. The molecular formula is C21H20BNO2S. The molecule has 0 spiro atoms. The summed E-state index contributed by atoms with van der Waals surface area (Å²) >= 11 is 1.82. The molecule has 2 aliphatic rings. The van der Waals surface area contributed by atoms with Gasteiger partial charge in [-0.15, -0.1) is 0 Å². The number of rotatable bonds is 1. The molecule has 3 aromatic rings. The molecule has 0 radical (unpaired) electrons. The van der Waals surface area contributed by atoms with E-state index >= 15 is 0 Å². The highest BCUT2D eigenvalue weighted by molar-refractivity contribution is 7.99. The number of fused-ring (bicyclic) bond motifs is 2. The van der Waals surface area contributed by atoms with Crippen LogP contribution in [0, 0.1) is 0 Å². The van der Waals surface area contributed by atoms with Gasteiger partial charge in [-0.2, -0.15) is 0 Å². The third kappa shape index (κ3) is 2.21. The van der Waals surface area contributed by atoms with Gasteiger partial charge in [-0.05, 0) is 50.9 Å². The minimum atomic E-state index is -0.381. The van der Waals surface area contributed by atoms with E-state index in [1.54, 1.807) is 0 Å². The highest BCUT2D eigenvalue weighted by atomic mass is 32.2. The van der Waals surface area contributed by atoms with Crippen LogP contribution in [0.4, 0.5) is 0 Å². The first-order valence-electron chi connectivity index (χ1n) is 8.91. The number of benzene rings is 2. The minimum Gasteiger partial charge on any atom is -0.399 e. The summed E-state index contributed by atoms with van der Waals surface area (Å²) in [7, 11) is -0.381. The zero-order valence-electron chi connectivity index (χ0n) is 15.4. The average Bonchev–Trinajstić information content (AvgIpc) is 2.83. The Morgan fingerprint density at radius 2 is 1.58 bits per heavy atom. The second-order valence-electron chi connectivity index (χ2n) is 7.95. The second kappa shape index (κ2) is 5.35. The SMILES string of the molecule is CC1(C)OB(c2ccc3c4c(cncc24)-c2ccccc2S3)OC1(C)C. The Bertz CT molecular complexity index is 1030. The minimum absolute atomic E-state index is 0.355. The van der Waals surface area contributed by atoms with Crippen molar-refractivity contribution in [1.82, 2.24) is 4.98 Å². The molecule has 26 heavy (non-hydrogen) atoms. The quantitative estimate of drug-likeness (QED) is 0.461. The summed E-state index contributed by atoms with van der Waals surface area (Å²) in [4.78, 5) is 7.08. The second-order valence-corrected chi connectivity index (χ2v) is 9.03. The normalized spacial score (nSPS) is 19.6. The van der Waals surface area contributed by atoms with E-state index in [1.807, 2.05) is 24.2 Å². The third-order valence-electron chi connectivity index (χ3n) is 5.82. The molecule has 0 unspecified atom stereocenters. The first-order valence-corrected chi connectivity index (χ1v) is 9.72. The Hall–Kier alpha value is -1.82. The highest BCUT2D eigenvalue weighted by Crippen LogP contribution is 2.47. The fraction of sp³-hybridized carbons (Fsp3) is 0.286. The first-order chi connectivity index (χ1) is 12.4. The smallest absolute Gasteiger partial charge is 0.399 e. The lowest BCUT2D eigenvalue weighted by atomic mass is 9.76. The number of hydrogen-bond acceptors (Lipinski definition) is 4. The highest BCUT2D eigenvalue weighted by Gasteiger charge is 2.52. The van der Waals surface area contributed by atoms with Crippen molar-refractivity contribution in [2.24, 2.45) is 0 Å². The summed E-state index contributed by atoms with van der Waals surface area (Å²) in [5.74, 6) is 0. The van der Waals surface area contributed by atoms with Crippen molar-refractivity contribution < 1.29 is 9.31 Å². The van der Waals surface area contributed by atoms with Crippen LogP contribution >= 0.6 is 11.8 Å². The van der Waals surface area contributed by atoms with Gasteiger partial charge in [-0.3, -0.25) is 4.98 Å². The molecule has 0 aliphatic carbocycles. The standard InChI is InChI=1S/C21H20BNO2S/c1-20(2)21(3,4)25-22(24-20)16-9-10-18-19-14(11-23-12-15(16)19)13-7-5-6-8-17(13)26-18/h5-12H,1-4H3. The lowest BCUT2D eigenvalue weighted by Gasteiger charge is -2.32. The summed E-state index contributed by atoms with van der Waals surface area (Å²) < 4.78 is 12.6. The van der Waals surface area contributed by atoms with E-state index in [4.69, 9.17) is 9.31 Å². The maximum absolute atomic E-state index is 6.30. The predicted molar refractivity (Wildman–Crippen MR) is 107 cm³/mol. The Kier molecular flexibility index (Phi) is 3.37. The predicted octanol–water partition coefficient (Wildman–Crippen LogP) is 4.67. The molecule has 1 fully saturated rings. The van der Waals surface area contributed by atoms with E-state index in [-0.39, 0.29) is 18.3 Å². The van der Waals surface area contributed by atoms with Crippen LogP contribution in [-0.4, -0.2) is 23.3 Å². The fourth-order valence-electron chi connectivity index (χ4n) is 3.64. The van der Waals surface area contributed by atoms with Crippen molar-refractivity contribution >= 4 is 35.1 Å². The van der Waals surface area contributed by atoms with Gasteiger partial charge in [0.15, 0.2) is 0 Å². The van der Waals surface area contributed by atoms with Gasteiger partial charge < -0.3 is 9.31 Å². The summed E-state index contributed by atoms with van der Waals surface area (Å²) in [6, 6.07) is 12.8. The molecular weight excluding hydrogens is 341 g/mol. The molecule has 5 heteroatoms. The van der Waals surface area contributed by atoms with Crippen molar-refractivity contribution in [3.63, 3.8) is 0 Å². The zero-order valence-corrected chi connectivity index (χ0v) is 16.2. The van der Waals surface area contributed by atoms with Crippen LogP contribution in [0.5, 0.6) is 0 Å². The largest absolute Gasteiger partial charge is 0.495 e. The van der Waals surface area contributed by atoms with Gasteiger partial charge >= 0.3 is 7.12 Å². The molecule has 2 aromatic carbocycles. The molecule has 0 amide bonds. The fourth-order valence-corrected chi connectivity index (χ4v) is 4.77. The Labute approximate surface area is 158 Å². The van der Waals surface area contributed by atoms with Gasteiger partial charge in [-0.25, -0.2) is 0 Å². The maximum atomic E-state index is 6.30. The topological polar surface area (TPSA) is 31.4 Å². The van der Waals surface area contributed by atoms with Gasteiger partial charge in [0.1, 0.15) is 0 Å². The molecule has 130 valence electrons. The molecule has 0 saturated carbocycles. The Balaban J connectivity index is 1.72. The summed E-state index contributed by atoms with van der Waals surface area (Å²) in [6.07, 6.45) is 3.91. The average molecular weight is 361 g/mol. The molecule has 0 atom stereocenters. The van der Waals surface area contributed by atoms with Crippen LogP contribution in [0.15, 0.2) is 58.6 Å². The monoisotopic (exact) mass is 361 g/mol. The van der Waals surface area contributed by atoms with E-state index in [0.29, 0.717) is 0 Å². The van der Waals surface area contributed by atoms with Crippen LogP contribution in [-0.2, 0) is 9.31 Å². The van der Waals surface area contributed by atoms with Crippen LogP contribution in [0.1, 0.15) is 27.7 Å². The van der Waals surface area contributed by atoms with Crippen LogP contribution in [0.3, 0.4) is 0 Å². The van der Waals surface area contributed by atoms with Crippen LogP contribution in [0.25, 0.3) is 21.9 Å². The van der Waals surface area contributed by atoms with Crippen LogP contribution < -0.4 is 5.46 Å². The van der Waals surface area contributed by atoms with Gasteiger partial charge in [0.25, 0.3) is 0 Å². The molecule has 5 rings (SSSR count). The maximum Gasteiger partial charge on any atom is 0.495 e. The molecule has 1 aromatic heterocycles. The molecule has 0 bridgehead atoms. The molecule has 1 saturated heterocycles. The van der Waals surface area contributed by atoms with Crippen molar-refractivity contribution in [2.45, 2.75) is 48.7 Å². The summed E-state index contributed by atoms with van der Waals surface area (Å²) in [5, 5.41) is 2.36. The lowest BCUT2D eigenvalue weighted by Crippen LogP contribution is -2.41. The van der Waals surface area contributed by atoms with Gasteiger partial charge in [-0.1, -0.05) is 36.0 Å². The van der Waals surface area contributed by atoms with E-state index in [0.717, 1.165) is 10.8 Å². The van der Waals surface area contributed by atoms with Crippen molar-refractivity contribution in [3.05, 3.63) is 48.8 Å². The van der Waals surface area contributed by atoms with Gasteiger partial charge in [0.2, 0.25) is 0 Å². The number of pyridine rings is 1. The first kappa shape index (κ1) is 16.4. The van der Waals surface area contributed by atoms with Crippen molar-refractivity contribution in [1.29, 1.82) is 0 Å². The molecule has 3 nitrogen and oxygen atoms in total. The zero-order chi connectivity index (χ0) is 18.1. The molecule has 0 N–H and O–H groups in total. The van der Waals surface area contributed by atoms with E-state index < -0.39 is 0 Å². The van der Waals surface area contributed by atoms with E-state index in [2.05, 4.69) is 69.1 Å². The third-order valence-corrected chi connectivity index (χ3v) is 6.96.